The van der Waals surface area contributed by atoms with Gasteiger partial charge >= 0.3 is 13.7 Å². The lowest BCUT2D eigenvalue weighted by Gasteiger charge is -2.35. The summed E-state index contributed by atoms with van der Waals surface area (Å²) in [7, 11) is -6.29. The number of hydrogen-bond donors (Lipinski definition) is 2. The van der Waals surface area contributed by atoms with E-state index < -0.39 is 53.7 Å². The largest absolute Gasteiger partial charge is 0.497 e. The first-order valence-corrected chi connectivity index (χ1v) is 22.0. The van der Waals surface area contributed by atoms with Crippen molar-refractivity contribution in [3.05, 3.63) is 60.2 Å². The molecule has 5 atom stereocenters. The van der Waals surface area contributed by atoms with Gasteiger partial charge in [0.15, 0.2) is 6.29 Å². The van der Waals surface area contributed by atoms with E-state index >= 15 is 0 Å². The molecule has 2 aliphatic rings. The summed E-state index contributed by atoms with van der Waals surface area (Å²) in [6.07, 6.45) is 0.729. The van der Waals surface area contributed by atoms with Gasteiger partial charge in [0.1, 0.15) is 18.2 Å². The molecule has 0 saturated carbocycles. The minimum Gasteiger partial charge on any atom is -0.497 e. The van der Waals surface area contributed by atoms with E-state index in [1.165, 1.54) is 23.5 Å². The molecule has 0 spiro atoms. The Morgan fingerprint density at radius 1 is 1.04 bits per heavy atom. The second-order valence-electron chi connectivity index (χ2n) is 14.6. The van der Waals surface area contributed by atoms with Crippen molar-refractivity contribution in [3.63, 3.8) is 0 Å². The standard InChI is InChI=1S/C38H59N2O12PS/c1-6-8-20-50-53(43,51-21-9-7-2)28-47-27-38(3,4)26-40(54(44,45)31-17-15-30(46-5)16-18-31)24-34(41)33(23-29-13-11-10-12-14-29)39-37(42)52-35-25-49-36-32(35)19-22-48-36/h10-18,32-36,41H,6-9,19-28H2,1-5H3,(H,39,42)/t32-,33-,34+,35?,36+/m0/s1. The molecule has 0 bridgehead atoms. The number of rotatable bonds is 24. The molecule has 1 amide bonds. The van der Waals surface area contributed by atoms with Crippen LogP contribution in [0, 0.1) is 11.3 Å². The molecule has 0 aliphatic carbocycles. The number of ether oxygens (including phenoxy) is 5. The number of hydrogen-bond acceptors (Lipinski definition) is 12. The number of benzene rings is 2. The molecule has 2 heterocycles. The van der Waals surface area contributed by atoms with Crippen LogP contribution >= 0.6 is 7.60 Å². The maximum atomic E-state index is 14.3. The van der Waals surface area contributed by atoms with Crippen molar-refractivity contribution in [1.29, 1.82) is 0 Å². The van der Waals surface area contributed by atoms with Gasteiger partial charge in [0.05, 0.1) is 63.1 Å². The number of alkyl carbamates (subject to hydrolysis) is 1. The summed E-state index contributed by atoms with van der Waals surface area (Å²) in [6.45, 7) is 8.44. The van der Waals surface area contributed by atoms with Crippen LogP contribution in [-0.4, -0.2) is 108 Å². The van der Waals surface area contributed by atoms with Crippen LogP contribution in [0.25, 0.3) is 0 Å². The summed E-state index contributed by atoms with van der Waals surface area (Å²) in [4.78, 5) is 13.3. The van der Waals surface area contributed by atoms with Gasteiger partial charge in [0.25, 0.3) is 0 Å². The summed E-state index contributed by atoms with van der Waals surface area (Å²) in [5, 5.41) is 14.6. The van der Waals surface area contributed by atoms with Crippen molar-refractivity contribution in [2.75, 3.05) is 59.6 Å². The molecule has 2 aromatic rings. The van der Waals surface area contributed by atoms with E-state index in [1.54, 1.807) is 12.1 Å². The number of sulfonamides is 1. The number of fused-ring (bicyclic) bond motifs is 1. The Balaban J connectivity index is 1.53. The predicted octanol–water partition coefficient (Wildman–Crippen LogP) is 5.97. The summed E-state index contributed by atoms with van der Waals surface area (Å²) in [5.41, 5.74) is -0.0269. The normalized spacial score (nSPS) is 20.1. The lowest BCUT2D eigenvalue weighted by molar-refractivity contribution is -0.0907. The maximum Gasteiger partial charge on any atom is 0.407 e. The van der Waals surface area contributed by atoms with Gasteiger partial charge in [-0.05, 0) is 55.5 Å². The molecular formula is C38H59N2O12PS. The third-order valence-electron chi connectivity index (χ3n) is 9.32. The van der Waals surface area contributed by atoms with E-state index in [1.807, 2.05) is 58.0 Å². The zero-order valence-corrected chi connectivity index (χ0v) is 33.9. The monoisotopic (exact) mass is 798 g/mol. The molecule has 0 aromatic heterocycles. The number of nitrogens with zero attached hydrogens (tertiary/aromatic N) is 1. The fraction of sp³-hybridized carbons (Fsp3) is 0.658. The number of methoxy groups -OCH3 is 1. The fourth-order valence-electron chi connectivity index (χ4n) is 6.27. The molecule has 16 heteroatoms. The first-order chi connectivity index (χ1) is 25.8. The Labute approximate surface area is 320 Å². The van der Waals surface area contributed by atoms with E-state index in [9.17, 15) is 22.9 Å². The molecule has 2 aliphatic heterocycles. The highest BCUT2D eigenvalue weighted by Crippen LogP contribution is 2.48. The van der Waals surface area contributed by atoms with Crippen molar-refractivity contribution >= 4 is 23.7 Å². The molecule has 1 unspecified atom stereocenters. The van der Waals surface area contributed by atoms with Crippen LogP contribution in [-0.2, 0) is 49.0 Å². The van der Waals surface area contributed by atoms with E-state index in [2.05, 4.69) is 5.32 Å². The minimum absolute atomic E-state index is 0.00332. The number of carbonyl (C=O) groups excluding carboxylic acids is 1. The molecule has 2 fully saturated rings. The molecule has 2 aromatic carbocycles. The number of nitrogens with one attached hydrogen (secondary N) is 1. The van der Waals surface area contributed by atoms with Crippen LogP contribution in [0.3, 0.4) is 0 Å². The molecule has 2 N–H and O–H groups in total. The predicted molar refractivity (Wildman–Crippen MR) is 203 cm³/mol. The van der Waals surface area contributed by atoms with Crippen LogP contribution in [0.2, 0.25) is 0 Å². The molecule has 0 radical (unpaired) electrons. The first-order valence-electron chi connectivity index (χ1n) is 18.8. The Hall–Kier alpha value is -2.59. The second kappa shape index (κ2) is 21.1. The van der Waals surface area contributed by atoms with E-state index in [-0.39, 0.29) is 63.1 Å². The van der Waals surface area contributed by atoms with Crippen molar-refractivity contribution < 1.29 is 55.6 Å². The Kier molecular flexibility index (Phi) is 17.2. The quantitative estimate of drug-likeness (QED) is 0.0945. The topological polar surface area (TPSA) is 168 Å². The van der Waals surface area contributed by atoms with Gasteiger partial charge in [-0.25, -0.2) is 13.2 Å². The average Bonchev–Trinajstić information content (AvgIpc) is 3.77. The van der Waals surface area contributed by atoms with Crippen molar-refractivity contribution in [2.45, 2.75) is 95.7 Å². The zero-order valence-electron chi connectivity index (χ0n) is 32.2. The van der Waals surface area contributed by atoms with Crippen LogP contribution in [0.15, 0.2) is 59.5 Å². The molecule has 304 valence electrons. The van der Waals surface area contributed by atoms with Gasteiger partial charge in [0, 0.05) is 18.5 Å². The zero-order chi connectivity index (χ0) is 39.2. The average molecular weight is 799 g/mol. The molecule has 54 heavy (non-hydrogen) atoms. The van der Waals surface area contributed by atoms with Crippen molar-refractivity contribution in [3.8, 4) is 5.75 Å². The molecular weight excluding hydrogens is 739 g/mol. The second-order valence-corrected chi connectivity index (χ2v) is 18.5. The van der Waals surface area contributed by atoms with Gasteiger partial charge in [-0.3, -0.25) is 4.57 Å². The molecule has 2 saturated heterocycles. The van der Waals surface area contributed by atoms with Crippen LogP contribution in [0.5, 0.6) is 5.75 Å². The van der Waals surface area contributed by atoms with E-state index in [0.29, 0.717) is 18.8 Å². The highest BCUT2D eigenvalue weighted by atomic mass is 32.2. The summed E-state index contributed by atoms with van der Waals surface area (Å²) in [5.74, 6) is 0.400. The Bertz CT molecular complexity index is 1570. The minimum atomic E-state index is -4.22. The van der Waals surface area contributed by atoms with Gasteiger partial charge in [-0.15, -0.1) is 0 Å². The number of aliphatic hydroxyl groups excluding tert-OH is 1. The summed E-state index contributed by atoms with van der Waals surface area (Å²) in [6, 6.07) is 14.3. The number of carbonyl (C=O) groups is 1. The smallest absolute Gasteiger partial charge is 0.407 e. The highest BCUT2D eigenvalue weighted by molar-refractivity contribution is 7.89. The maximum absolute atomic E-state index is 14.3. The summed E-state index contributed by atoms with van der Waals surface area (Å²) >= 11 is 0. The third-order valence-corrected chi connectivity index (χ3v) is 12.8. The van der Waals surface area contributed by atoms with Crippen molar-refractivity contribution in [1.82, 2.24) is 9.62 Å². The first kappa shape index (κ1) is 44.1. The fourth-order valence-corrected chi connectivity index (χ4v) is 9.27. The number of unbranched alkanes of at least 4 members (excludes halogenated alkanes) is 2. The van der Waals surface area contributed by atoms with E-state index in [4.69, 9.17) is 32.7 Å². The van der Waals surface area contributed by atoms with Gasteiger partial charge in [-0.2, -0.15) is 4.31 Å². The molecule has 4 rings (SSSR count). The number of amides is 1. The van der Waals surface area contributed by atoms with Crippen molar-refractivity contribution in [2.24, 2.45) is 11.3 Å². The Morgan fingerprint density at radius 3 is 2.33 bits per heavy atom. The summed E-state index contributed by atoms with van der Waals surface area (Å²) < 4.78 is 82.8. The highest BCUT2D eigenvalue weighted by Gasteiger charge is 2.44. The molecule has 14 nitrogen and oxygen atoms in total. The van der Waals surface area contributed by atoms with Gasteiger partial charge in [0.2, 0.25) is 10.0 Å². The van der Waals surface area contributed by atoms with Crippen LogP contribution in [0.1, 0.15) is 65.4 Å². The SMILES string of the molecule is CCCCOP(=O)(COCC(C)(C)CN(C[C@@H](O)[C@H](Cc1ccccc1)NC(=O)OC1CO[C@H]2OCC[C@@H]12)S(=O)(=O)c1ccc(OC)cc1)OCCCC. The third kappa shape index (κ3) is 13.3. The lowest BCUT2D eigenvalue weighted by atomic mass is 9.94. The number of aliphatic hydroxyl groups is 1. The lowest BCUT2D eigenvalue weighted by Crippen LogP contribution is -2.52. The van der Waals surface area contributed by atoms with Gasteiger partial charge < -0.3 is 43.2 Å². The van der Waals surface area contributed by atoms with Crippen LogP contribution < -0.4 is 10.1 Å². The van der Waals surface area contributed by atoms with E-state index in [0.717, 1.165) is 31.2 Å². The van der Waals surface area contributed by atoms with Gasteiger partial charge in [-0.1, -0.05) is 70.9 Å². The Morgan fingerprint density at radius 2 is 1.70 bits per heavy atom. The van der Waals surface area contributed by atoms with Crippen LogP contribution in [0.4, 0.5) is 4.79 Å².